The maximum atomic E-state index is 12.6. The Balaban J connectivity index is 2.45. The highest BCUT2D eigenvalue weighted by Gasteiger charge is 2.42. The molecule has 0 bridgehead atoms. The second-order valence-corrected chi connectivity index (χ2v) is 10.3. The number of sulfonamides is 2. The summed E-state index contributed by atoms with van der Waals surface area (Å²) in [6.45, 7) is 5.71. The molecular weight excluding hydrogens is 380 g/mol. The second kappa shape index (κ2) is 7.53. The molecule has 1 saturated heterocycles. The van der Waals surface area contributed by atoms with E-state index in [1.807, 2.05) is 13.8 Å². The minimum Gasteiger partial charge on any atom is -0.495 e. The summed E-state index contributed by atoms with van der Waals surface area (Å²) in [6, 6.07) is 3.86. The van der Waals surface area contributed by atoms with Gasteiger partial charge in [0.25, 0.3) is 0 Å². The summed E-state index contributed by atoms with van der Waals surface area (Å²) in [4.78, 5) is 12.0. The monoisotopic (exact) mass is 404 g/mol. The van der Waals surface area contributed by atoms with Crippen LogP contribution in [0.5, 0.6) is 5.75 Å². The molecule has 8 nitrogen and oxygen atoms in total. The van der Waals surface area contributed by atoms with E-state index < -0.39 is 31.9 Å². The Bertz CT molecular complexity index is 893. The summed E-state index contributed by atoms with van der Waals surface area (Å²) in [7, 11) is -6.43. The van der Waals surface area contributed by atoms with Crippen molar-refractivity contribution in [2.45, 2.75) is 32.1 Å². The van der Waals surface area contributed by atoms with E-state index in [-0.39, 0.29) is 28.6 Å². The molecule has 1 heterocycles. The minimum absolute atomic E-state index is 0.00983. The first-order chi connectivity index (χ1) is 12.0. The lowest BCUT2D eigenvalue weighted by molar-refractivity contribution is -0.119. The number of hydrogen-bond acceptors (Lipinski definition) is 6. The van der Waals surface area contributed by atoms with Crippen molar-refractivity contribution < 1.29 is 26.4 Å². The third kappa shape index (κ3) is 4.18. The van der Waals surface area contributed by atoms with E-state index in [0.29, 0.717) is 16.6 Å². The zero-order valence-electron chi connectivity index (χ0n) is 15.2. The molecule has 1 fully saturated rings. The van der Waals surface area contributed by atoms with Gasteiger partial charge in [-0.3, -0.25) is 4.79 Å². The molecule has 1 amide bonds. The Morgan fingerprint density at radius 1 is 1.35 bits per heavy atom. The predicted molar refractivity (Wildman–Crippen MR) is 98.1 cm³/mol. The number of carbonyl (C=O) groups is 1. The van der Waals surface area contributed by atoms with Crippen molar-refractivity contribution in [3.8, 4) is 5.75 Å². The third-order valence-electron chi connectivity index (χ3n) is 4.05. The average molecular weight is 405 g/mol. The first-order valence-corrected chi connectivity index (χ1v) is 11.3. The normalized spacial score (nSPS) is 20.0. The molecule has 1 aromatic carbocycles. The van der Waals surface area contributed by atoms with Crippen LogP contribution in [0.15, 0.2) is 23.1 Å². The van der Waals surface area contributed by atoms with Crippen LogP contribution in [0.4, 0.5) is 5.69 Å². The molecule has 0 spiro atoms. The lowest BCUT2D eigenvalue weighted by atomic mass is 10.1. The molecule has 2 rings (SSSR count). The molecule has 0 aliphatic carbocycles. The Labute approximate surface area is 154 Å². The number of methoxy groups -OCH3 is 1. The lowest BCUT2D eigenvalue weighted by Crippen LogP contribution is -2.31. The van der Waals surface area contributed by atoms with Crippen molar-refractivity contribution in [1.29, 1.82) is 0 Å². The Kier molecular flexibility index (Phi) is 5.99. The molecule has 1 N–H and O–H groups in total. The Morgan fingerprint density at radius 2 is 2.00 bits per heavy atom. The van der Waals surface area contributed by atoms with Gasteiger partial charge in [-0.05, 0) is 30.5 Å². The average Bonchev–Trinajstić information content (AvgIpc) is 2.73. The van der Waals surface area contributed by atoms with Crippen molar-refractivity contribution in [2.75, 3.05) is 23.7 Å². The van der Waals surface area contributed by atoms with Crippen LogP contribution >= 0.6 is 0 Å². The van der Waals surface area contributed by atoms with Gasteiger partial charge in [0, 0.05) is 6.54 Å². The van der Waals surface area contributed by atoms with E-state index >= 15 is 0 Å². The Hall–Kier alpha value is -1.65. The van der Waals surface area contributed by atoms with Gasteiger partial charge in [-0.1, -0.05) is 20.8 Å². The van der Waals surface area contributed by atoms with Gasteiger partial charge in [-0.2, -0.15) is 0 Å². The van der Waals surface area contributed by atoms with Gasteiger partial charge in [0.1, 0.15) is 10.6 Å². The summed E-state index contributed by atoms with van der Waals surface area (Å²) in [6.07, 6.45) is 0.651. The summed E-state index contributed by atoms with van der Waals surface area (Å²) >= 11 is 0. The van der Waals surface area contributed by atoms with Crippen molar-refractivity contribution in [2.24, 2.45) is 11.8 Å². The first kappa shape index (κ1) is 20.7. The number of amides is 1. The van der Waals surface area contributed by atoms with Crippen molar-refractivity contribution in [3.05, 3.63) is 18.2 Å². The van der Waals surface area contributed by atoms with E-state index in [4.69, 9.17) is 4.74 Å². The van der Waals surface area contributed by atoms with E-state index in [1.54, 1.807) is 0 Å². The van der Waals surface area contributed by atoms with E-state index in [9.17, 15) is 21.6 Å². The maximum Gasteiger partial charge on any atom is 0.244 e. The Morgan fingerprint density at radius 3 is 2.50 bits per heavy atom. The molecule has 26 heavy (non-hydrogen) atoms. The summed E-state index contributed by atoms with van der Waals surface area (Å²) in [5.41, 5.74) is -0.00983. The van der Waals surface area contributed by atoms with Crippen molar-refractivity contribution in [1.82, 2.24) is 4.72 Å². The number of anilines is 1. The van der Waals surface area contributed by atoms with Gasteiger partial charge in [0.2, 0.25) is 26.0 Å². The van der Waals surface area contributed by atoms with Crippen LogP contribution in [0.3, 0.4) is 0 Å². The lowest BCUT2D eigenvalue weighted by Gasteiger charge is -2.18. The highest BCUT2D eigenvalue weighted by molar-refractivity contribution is 7.94. The summed E-state index contributed by atoms with van der Waals surface area (Å²) in [5, 5.41) is 0. The number of carbonyl (C=O) groups excluding carboxylic acids is 1. The van der Waals surface area contributed by atoms with Gasteiger partial charge in [0.05, 0.1) is 24.5 Å². The maximum absolute atomic E-state index is 12.6. The van der Waals surface area contributed by atoms with Crippen LogP contribution in [0.25, 0.3) is 0 Å². The molecule has 0 radical (unpaired) electrons. The van der Waals surface area contributed by atoms with Crippen molar-refractivity contribution in [3.63, 3.8) is 0 Å². The number of nitrogens with zero attached hydrogens (tertiary/aromatic N) is 1. The fourth-order valence-electron chi connectivity index (χ4n) is 2.65. The first-order valence-electron chi connectivity index (χ1n) is 8.24. The number of nitrogens with one attached hydrogen (secondary N) is 1. The van der Waals surface area contributed by atoms with Crippen molar-refractivity contribution >= 4 is 31.6 Å². The van der Waals surface area contributed by atoms with Gasteiger partial charge < -0.3 is 4.74 Å². The molecule has 1 aliphatic rings. The van der Waals surface area contributed by atoms with Gasteiger partial charge in [-0.15, -0.1) is 0 Å². The fraction of sp³-hybridized carbons (Fsp3) is 0.562. The zero-order chi connectivity index (χ0) is 19.7. The topological polar surface area (TPSA) is 110 Å². The molecule has 1 aromatic rings. The number of rotatable bonds is 7. The number of hydrogen-bond donors (Lipinski definition) is 1. The molecule has 10 heteroatoms. The molecule has 1 atom stereocenters. The van der Waals surface area contributed by atoms with E-state index in [0.717, 1.165) is 6.07 Å². The minimum atomic E-state index is -3.93. The third-order valence-corrected chi connectivity index (χ3v) is 7.40. The van der Waals surface area contributed by atoms with E-state index in [1.165, 1.54) is 26.2 Å². The standard InChI is InChI=1S/C16H24N2O6S2/c1-11(2)7-8-17-26(22,23)15-9-13(5-6-14(15)24-4)18-16(19)12(3)10-25(18,20)21/h5-6,9,11-12,17H,7-8,10H2,1-4H3. The SMILES string of the molecule is COc1ccc(N2C(=O)C(C)CS2(=O)=O)cc1S(=O)(=O)NCCC(C)C. The van der Waals surface area contributed by atoms with Crippen LogP contribution < -0.4 is 13.8 Å². The molecule has 1 unspecified atom stereocenters. The number of ether oxygens (including phenoxy) is 1. The van der Waals surface area contributed by atoms with Gasteiger partial charge in [-0.25, -0.2) is 25.9 Å². The zero-order valence-corrected chi connectivity index (χ0v) is 16.9. The van der Waals surface area contributed by atoms with Crippen LogP contribution in [-0.4, -0.2) is 42.2 Å². The highest BCUT2D eigenvalue weighted by Crippen LogP contribution is 2.33. The number of benzene rings is 1. The van der Waals surface area contributed by atoms with Crippen LogP contribution in [0.1, 0.15) is 27.2 Å². The molecule has 1 aliphatic heterocycles. The molecular formula is C16H24N2O6S2. The quantitative estimate of drug-likeness (QED) is 0.734. The second-order valence-electron chi connectivity index (χ2n) is 6.70. The molecule has 146 valence electrons. The van der Waals surface area contributed by atoms with Gasteiger partial charge in [0.15, 0.2) is 0 Å². The highest BCUT2D eigenvalue weighted by atomic mass is 32.2. The smallest absolute Gasteiger partial charge is 0.244 e. The summed E-state index contributed by atoms with van der Waals surface area (Å²) in [5.74, 6) is -1.16. The summed E-state index contributed by atoms with van der Waals surface area (Å²) < 4.78 is 58.0. The van der Waals surface area contributed by atoms with Crippen LogP contribution in [0, 0.1) is 11.8 Å². The molecule has 0 aromatic heterocycles. The largest absolute Gasteiger partial charge is 0.495 e. The predicted octanol–water partition coefficient (Wildman–Crippen LogP) is 1.33. The van der Waals surface area contributed by atoms with Crippen LogP contribution in [-0.2, 0) is 24.8 Å². The van der Waals surface area contributed by atoms with Gasteiger partial charge >= 0.3 is 0 Å². The van der Waals surface area contributed by atoms with E-state index in [2.05, 4.69) is 4.72 Å². The molecule has 0 saturated carbocycles. The van der Waals surface area contributed by atoms with Crippen LogP contribution in [0.2, 0.25) is 0 Å². The fourth-order valence-corrected chi connectivity index (χ4v) is 5.69.